The molecule has 0 radical (unpaired) electrons. The van der Waals surface area contributed by atoms with Crippen molar-refractivity contribution in [3.63, 3.8) is 0 Å². The number of aliphatic hydroxyl groups is 1. The maximum atomic E-state index is 13.6. The lowest BCUT2D eigenvalue weighted by Crippen LogP contribution is -2.24. The summed E-state index contributed by atoms with van der Waals surface area (Å²) in [6, 6.07) is 0. The zero-order valence-corrected chi connectivity index (χ0v) is 12.8. The van der Waals surface area contributed by atoms with Crippen LogP contribution in [-0.4, -0.2) is 24.0 Å². The fourth-order valence-corrected chi connectivity index (χ4v) is 3.34. The fourth-order valence-electron chi connectivity index (χ4n) is 3.34. The summed E-state index contributed by atoms with van der Waals surface area (Å²) in [6.45, 7) is 5.79. The molecular weight excluding hydrogens is 265 g/mol. The predicted octanol–water partition coefficient (Wildman–Crippen LogP) is 4.15. The molecule has 2 aliphatic rings. The Morgan fingerprint density at radius 2 is 2.05 bits per heavy atom. The van der Waals surface area contributed by atoms with Gasteiger partial charge in [0.05, 0.1) is 11.8 Å². The van der Waals surface area contributed by atoms with Crippen molar-refractivity contribution in [3.05, 3.63) is 47.9 Å². The highest BCUT2D eigenvalue weighted by atomic mass is 19.1. The molecule has 0 aromatic heterocycles. The number of aliphatic imine (C=N–C) groups is 1. The van der Waals surface area contributed by atoms with Crippen molar-refractivity contribution in [2.24, 2.45) is 16.8 Å². The van der Waals surface area contributed by atoms with Crippen LogP contribution in [-0.2, 0) is 0 Å². The van der Waals surface area contributed by atoms with Crippen LogP contribution >= 0.6 is 0 Å². The van der Waals surface area contributed by atoms with E-state index in [9.17, 15) is 9.50 Å². The summed E-state index contributed by atoms with van der Waals surface area (Å²) >= 11 is 0. The van der Waals surface area contributed by atoms with E-state index in [4.69, 9.17) is 0 Å². The molecule has 0 aromatic rings. The Balaban J connectivity index is 2.25. The topological polar surface area (TPSA) is 32.6 Å². The van der Waals surface area contributed by atoms with Crippen LogP contribution in [0.3, 0.4) is 0 Å². The Morgan fingerprint density at radius 1 is 1.38 bits per heavy atom. The largest absolute Gasteiger partial charge is 0.393 e. The highest BCUT2D eigenvalue weighted by Gasteiger charge is 2.27. The van der Waals surface area contributed by atoms with Crippen molar-refractivity contribution in [3.8, 4) is 0 Å². The minimum absolute atomic E-state index is 0.241. The molecule has 0 aromatic carbocycles. The SMILES string of the molecule is C=C/C(=C1/C=C(F)C=CC1=NC)C1CCC(C(C)O)CC1. The van der Waals surface area contributed by atoms with Gasteiger partial charge in [-0.1, -0.05) is 12.7 Å². The van der Waals surface area contributed by atoms with Gasteiger partial charge >= 0.3 is 0 Å². The molecule has 0 aliphatic heterocycles. The number of halogens is 1. The normalized spacial score (nSPS) is 31.8. The average molecular weight is 289 g/mol. The third-order valence-corrected chi connectivity index (χ3v) is 4.62. The molecule has 114 valence electrons. The minimum Gasteiger partial charge on any atom is -0.393 e. The van der Waals surface area contributed by atoms with Gasteiger partial charge in [-0.2, -0.15) is 0 Å². The van der Waals surface area contributed by atoms with Gasteiger partial charge in [-0.05, 0) is 68.2 Å². The first kappa shape index (κ1) is 15.9. The van der Waals surface area contributed by atoms with Crippen molar-refractivity contribution >= 4 is 5.71 Å². The van der Waals surface area contributed by atoms with Crippen molar-refractivity contribution in [2.45, 2.75) is 38.7 Å². The van der Waals surface area contributed by atoms with Crippen LogP contribution in [0.5, 0.6) is 0 Å². The van der Waals surface area contributed by atoms with Gasteiger partial charge < -0.3 is 5.11 Å². The number of hydrogen-bond donors (Lipinski definition) is 1. The monoisotopic (exact) mass is 289 g/mol. The first-order valence-electron chi connectivity index (χ1n) is 7.64. The molecule has 1 N–H and O–H groups in total. The van der Waals surface area contributed by atoms with E-state index >= 15 is 0 Å². The third kappa shape index (κ3) is 3.59. The zero-order chi connectivity index (χ0) is 15.4. The van der Waals surface area contributed by atoms with Gasteiger partial charge in [0.25, 0.3) is 0 Å². The van der Waals surface area contributed by atoms with E-state index in [-0.39, 0.29) is 11.9 Å². The highest BCUT2D eigenvalue weighted by molar-refractivity contribution is 6.12. The predicted molar refractivity (Wildman–Crippen MR) is 86.0 cm³/mol. The highest BCUT2D eigenvalue weighted by Crippen LogP contribution is 2.37. The van der Waals surface area contributed by atoms with Gasteiger partial charge in [0, 0.05) is 12.6 Å². The lowest BCUT2D eigenvalue weighted by molar-refractivity contribution is 0.0931. The summed E-state index contributed by atoms with van der Waals surface area (Å²) in [5, 5.41) is 9.70. The van der Waals surface area contributed by atoms with Crippen molar-refractivity contribution in [2.75, 3.05) is 7.05 Å². The number of nitrogens with zero attached hydrogens (tertiary/aromatic N) is 1. The van der Waals surface area contributed by atoms with E-state index in [1.165, 1.54) is 6.08 Å². The van der Waals surface area contributed by atoms with E-state index in [0.717, 1.165) is 42.5 Å². The van der Waals surface area contributed by atoms with Gasteiger partial charge in [0.1, 0.15) is 5.83 Å². The molecule has 1 saturated carbocycles. The van der Waals surface area contributed by atoms with E-state index in [0.29, 0.717) is 11.8 Å². The lowest BCUT2D eigenvalue weighted by Gasteiger charge is -2.32. The Kier molecular flexibility index (Phi) is 5.29. The summed E-state index contributed by atoms with van der Waals surface area (Å²) in [6.07, 6.45) is 10.4. The van der Waals surface area contributed by atoms with Crippen LogP contribution in [0.25, 0.3) is 0 Å². The fraction of sp³-hybridized carbons (Fsp3) is 0.500. The molecule has 2 aliphatic carbocycles. The summed E-state index contributed by atoms with van der Waals surface area (Å²) in [7, 11) is 1.72. The molecule has 2 rings (SSSR count). The summed E-state index contributed by atoms with van der Waals surface area (Å²) in [5.74, 6) is 0.518. The second-order valence-corrected chi connectivity index (χ2v) is 5.90. The van der Waals surface area contributed by atoms with Gasteiger partial charge in [-0.25, -0.2) is 4.39 Å². The average Bonchev–Trinajstić information content (AvgIpc) is 2.49. The number of aliphatic hydroxyl groups excluding tert-OH is 1. The summed E-state index contributed by atoms with van der Waals surface area (Å²) < 4.78 is 13.6. The van der Waals surface area contributed by atoms with Crippen LogP contribution in [0.1, 0.15) is 32.6 Å². The molecule has 1 unspecified atom stereocenters. The Labute approximate surface area is 126 Å². The molecule has 3 heteroatoms. The van der Waals surface area contributed by atoms with Crippen LogP contribution in [0.2, 0.25) is 0 Å². The van der Waals surface area contributed by atoms with Gasteiger partial charge in [-0.3, -0.25) is 4.99 Å². The summed E-state index contributed by atoms with van der Waals surface area (Å²) in [5.41, 5.74) is 2.75. The molecule has 1 fully saturated rings. The van der Waals surface area contributed by atoms with Gasteiger partial charge in [0.2, 0.25) is 0 Å². The van der Waals surface area contributed by atoms with Crippen molar-refractivity contribution < 1.29 is 9.50 Å². The molecule has 21 heavy (non-hydrogen) atoms. The first-order chi connectivity index (χ1) is 10.1. The van der Waals surface area contributed by atoms with Crippen LogP contribution in [0.4, 0.5) is 4.39 Å². The lowest BCUT2D eigenvalue weighted by atomic mass is 9.75. The Hall–Kier alpha value is -1.48. The quantitative estimate of drug-likeness (QED) is 0.831. The summed E-state index contributed by atoms with van der Waals surface area (Å²) in [4.78, 5) is 4.24. The van der Waals surface area contributed by atoms with E-state index in [1.54, 1.807) is 19.2 Å². The van der Waals surface area contributed by atoms with Gasteiger partial charge in [0.15, 0.2) is 0 Å². The second-order valence-electron chi connectivity index (χ2n) is 5.90. The Bertz CT molecular complexity index is 517. The van der Waals surface area contributed by atoms with Crippen LogP contribution in [0.15, 0.2) is 52.8 Å². The number of hydrogen-bond acceptors (Lipinski definition) is 2. The molecule has 0 saturated heterocycles. The molecule has 0 spiro atoms. The molecular formula is C18H24FNO. The first-order valence-corrected chi connectivity index (χ1v) is 7.64. The minimum atomic E-state index is -0.242. The van der Waals surface area contributed by atoms with Crippen molar-refractivity contribution in [1.29, 1.82) is 0 Å². The van der Waals surface area contributed by atoms with E-state index in [1.807, 2.05) is 13.0 Å². The molecule has 0 bridgehead atoms. The van der Waals surface area contributed by atoms with Crippen LogP contribution < -0.4 is 0 Å². The number of allylic oxidation sites excluding steroid dienone is 7. The van der Waals surface area contributed by atoms with E-state index in [2.05, 4.69) is 11.6 Å². The van der Waals surface area contributed by atoms with E-state index < -0.39 is 0 Å². The third-order valence-electron chi connectivity index (χ3n) is 4.62. The smallest absolute Gasteiger partial charge is 0.123 e. The molecule has 0 heterocycles. The van der Waals surface area contributed by atoms with Crippen LogP contribution in [0, 0.1) is 11.8 Å². The maximum Gasteiger partial charge on any atom is 0.123 e. The van der Waals surface area contributed by atoms with Gasteiger partial charge in [-0.15, -0.1) is 0 Å². The zero-order valence-electron chi connectivity index (χ0n) is 12.8. The second kappa shape index (κ2) is 6.99. The maximum absolute atomic E-state index is 13.6. The standard InChI is InChI=1S/C18H24FNO/c1-4-16(14-7-5-13(6-8-14)12(2)21)17-11-15(19)9-10-18(17)20-3/h4,9-14,21H,1,5-8H2,2-3H3/b17-16+,20-18?. The number of rotatable bonds is 3. The molecule has 0 amide bonds. The molecule has 2 nitrogen and oxygen atoms in total. The molecule has 1 atom stereocenters. The van der Waals surface area contributed by atoms with Crippen molar-refractivity contribution in [1.82, 2.24) is 0 Å². The Morgan fingerprint density at radius 3 is 2.57 bits per heavy atom.